The third kappa shape index (κ3) is 2.70. The third-order valence-electron chi connectivity index (χ3n) is 3.15. The summed E-state index contributed by atoms with van der Waals surface area (Å²) in [5.74, 6) is 0.134. The Kier molecular flexibility index (Phi) is 4.30. The zero-order chi connectivity index (χ0) is 13.1. The fraction of sp³-hybridized carbons (Fsp3) is 0.500. The number of amides is 1. The van der Waals surface area contributed by atoms with E-state index in [9.17, 15) is 4.79 Å². The van der Waals surface area contributed by atoms with Crippen LogP contribution in [0.5, 0.6) is 0 Å². The summed E-state index contributed by atoms with van der Waals surface area (Å²) in [6, 6.07) is 6.39. The number of thioether (sulfide) groups is 1. The Morgan fingerprint density at radius 2 is 2.33 bits per heavy atom. The third-order valence-corrected chi connectivity index (χ3v) is 4.28. The van der Waals surface area contributed by atoms with E-state index in [0.717, 1.165) is 18.7 Å². The summed E-state index contributed by atoms with van der Waals surface area (Å²) in [5.41, 5.74) is 7.85. The zero-order valence-corrected chi connectivity index (χ0v) is 11.8. The molecule has 98 valence electrons. The van der Waals surface area contributed by atoms with Crippen molar-refractivity contribution in [3.05, 3.63) is 23.8 Å². The number of anilines is 1. The van der Waals surface area contributed by atoms with Gasteiger partial charge >= 0.3 is 0 Å². The van der Waals surface area contributed by atoms with Crippen molar-refractivity contribution >= 4 is 23.4 Å². The first-order valence-corrected chi connectivity index (χ1v) is 7.33. The first-order valence-electron chi connectivity index (χ1n) is 6.45. The molecule has 1 aliphatic heterocycles. The van der Waals surface area contributed by atoms with Crippen LogP contribution >= 0.6 is 11.8 Å². The fourth-order valence-corrected chi connectivity index (χ4v) is 3.38. The molecule has 18 heavy (non-hydrogen) atoms. The predicted molar refractivity (Wildman–Crippen MR) is 77.2 cm³/mol. The minimum atomic E-state index is 0.134. The highest BCUT2D eigenvalue weighted by atomic mass is 32.2. The van der Waals surface area contributed by atoms with E-state index in [0.29, 0.717) is 18.2 Å². The normalized spacial score (nSPS) is 18.6. The number of nitrogens with zero attached hydrogens (tertiary/aromatic N) is 1. The summed E-state index contributed by atoms with van der Waals surface area (Å²) in [5, 5.41) is 0.436. The highest BCUT2D eigenvalue weighted by Gasteiger charge is 2.26. The quantitative estimate of drug-likeness (QED) is 0.912. The predicted octanol–water partition coefficient (Wildman–Crippen LogP) is 2.42. The summed E-state index contributed by atoms with van der Waals surface area (Å²) in [6.45, 7) is 5.51. The number of benzene rings is 1. The van der Waals surface area contributed by atoms with E-state index in [4.69, 9.17) is 5.73 Å². The number of nitrogens with two attached hydrogens (primary N) is 1. The maximum Gasteiger partial charge on any atom is 0.228 e. The van der Waals surface area contributed by atoms with Gasteiger partial charge in [-0.05, 0) is 24.1 Å². The summed E-state index contributed by atoms with van der Waals surface area (Å²) in [4.78, 5) is 15.2. The van der Waals surface area contributed by atoms with Gasteiger partial charge in [-0.1, -0.05) is 19.9 Å². The van der Waals surface area contributed by atoms with Crippen LogP contribution < -0.4 is 10.6 Å². The molecule has 1 aromatic carbocycles. The molecule has 2 rings (SSSR count). The minimum absolute atomic E-state index is 0.134. The molecular formula is C14H20N2OS. The van der Waals surface area contributed by atoms with Crippen LogP contribution in [-0.2, 0) is 11.2 Å². The molecule has 0 saturated carbocycles. The van der Waals surface area contributed by atoms with Crippen LogP contribution in [0.3, 0.4) is 0 Å². The molecule has 0 aliphatic carbocycles. The topological polar surface area (TPSA) is 46.3 Å². The van der Waals surface area contributed by atoms with Gasteiger partial charge in [-0.15, -0.1) is 11.8 Å². The van der Waals surface area contributed by atoms with Crippen LogP contribution in [0.2, 0.25) is 0 Å². The Hall–Kier alpha value is -1.00. The van der Waals surface area contributed by atoms with Crippen molar-refractivity contribution in [2.24, 2.45) is 5.73 Å². The highest BCUT2D eigenvalue weighted by Crippen LogP contribution is 2.39. The molecule has 0 saturated heterocycles. The molecule has 1 unspecified atom stereocenters. The standard InChI is InChI=1S/C14H20N2OS/c1-3-11-4-5-12-13(8-11)18-10(2)9-16(12)14(17)6-7-15/h4-5,8,10H,3,6-7,9,15H2,1-2H3. The first-order chi connectivity index (χ1) is 8.65. The lowest BCUT2D eigenvalue weighted by atomic mass is 10.1. The van der Waals surface area contributed by atoms with Gasteiger partial charge in [0.1, 0.15) is 0 Å². The van der Waals surface area contributed by atoms with Gasteiger partial charge in [0.25, 0.3) is 0 Å². The van der Waals surface area contributed by atoms with Crippen molar-refractivity contribution in [3.8, 4) is 0 Å². The number of rotatable bonds is 3. The lowest BCUT2D eigenvalue weighted by molar-refractivity contribution is -0.118. The molecule has 0 fully saturated rings. The molecule has 0 aromatic heterocycles. The summed E-state index contributed by atoms with van der Waals surface area (Å²) >= 11 is 1.86. The van der Waals surface area contributed by atoms with Crippen LogP contribution in [-0.4, -0.2) is 24.2 Å². The smallest absolute Gasteiger partial charge is 0.228 e. The fourth-order valence-electron chi connectivity index (χ4n) is 2.20. The molecule has 3 nitrogen and oxygen atoms in total. The minimum Gasteiger partial charge on any atom is -0.330 e. The number of fused-ring (bicyclic) bond motifs is 1. The molecule has 1 amide bonds. The highest BCUT2D eigenvalue weighted by molar-refractivity contribution is 8.00. The number of aryl methyl sites for hydroxylation is 1. The number of hydrogen-bond acceptors (Lipinski definition) is 3. The monoisotopic (exact) mass is 264 g/mol. The van der Waals surface area contributed by atoms with Gasteiger partial charge in [0.15, 0.2) is 0 Å². The zero-order valence-electron chi connectivity index (χ0n) is 11.0. The number of hydrogen-bond donors (Lipinski definition) is 1. The Labute approximate surface area is 113 Å². The second-order valence-electron chi connectivity index (χ2n) is 4.63. The van der Waals surface area contributed by atoms with E-state index in [2.05, 4.69) is 32.0 Å². The largest absolute Gasteiger partial charge is 0.330 e. The molecule has 1 aromatic rings. The molecule has 4 heteroatoms. The second kappa shape index (κ2) is 5.76. The summed E-state index contributed by atoms with van der Waals surface area (Å²) < 4.78 is 0. The van der Waals surface area contributed by atoms with Crippen molar-refractivity contribution in [2.75, 3.05) is 18.0 Å². The first kappa shape index (κ1) is 13.4. The summed E-state index contributed by atoms with van der Waals surface area (Å²) in [7, 11) is 0. The van der Waals surface area contributed by atoms with Crippen molar-refractivity contribution in [1.82, 2.24) is 0 Å². The average molecular weight is 264 g/mol. The molecule has 0 bridgehead atoms. The maximum atomic E-state index is 12.1. The van der Waals surface area contributed by atoms with Gasteiger partial charge < -0.3 is 10.6 Å². The van der Waals surface area contributed by atoms with Crippen LogP contribution in [0, 0.1) is 0 Å². The van der Waals surface area contributed by atoms with Crippen LogP contribution in [0.15, 0.2) is 23.1 Å². The van der Waals surface area contributed by atoms with E-state index < -0.39 is 0 Å². The molecule has 1 aliphatic rings. The van der Waals surface area contributed by atoms with Gasteiger partial charge in [0, 0.05) is 29.7 Å². The molecule has 1 atom stereocenters. The molecule has 0 radical (unpaired) electrons. The number of carbonyl (C=O) groups is 1. The van der Waals surface area contributed by atoms with Crippen LogP contribution in [0.1, 0.15) is 25.8 Å². The van der Waals surface area contributed by atoms with Gasteiger partial charge in [0.2, 0.25) is 5.91 Å². The molecule has 2 N–H and O–H groups in total. The average Bonchev–Trinajstić information content (AvgIpc) is 2.37. The Morgan fingerprint density at radius 3 is 3.00 bits per heavy atom. The van der Waals surface area contributed by atoms with Gasteiger partial charge in [-0.2, -0.15) is 0 Å². The second-order valence-corrected chi connectivity index (χ2v) is 6.11. The van der Waals surface area contributed by atoms with Gasteiger partial charge in [0.05, 0.1) is 5.69 Å². The summed E-state index contributed by atoms with van der Waals surface area (Å²) in [6.07, 6.45) is 1.45. The molecule has 1 heterocycles. The molecular weight excluding hydrogens is 244 g/mol. The van der Waals surface area contributed by atoms with E-state index >= 15 is 0 Å². The Bertz CT molecular complexity index is 447. The Morgan fingerprint density at radius 1 is 1.56 bits per heavy atom. The van der Waals surface area contributed by atoms with Crippen LogP contribution in [0.25, 0.3) is 0 Å². The van der Waals surface area contributed by atoms with Gasteiger partial charge in [-0.25, -0.2) is 0 Å². The van der Waals surface area contributed by atoms with E-state index in [1.807, 2.05) is 16.7 Å². The van der Waals surface area contributed by atoms with Crippen molar-refractivity contribution in [3.63, 3.8) is 0 Å². The lowest BCUT2D eigenvalue weighted by Gasteiger charge is -2.33. The van der Waals surface area contributed by atoms with E-state index in [-0.39, 0.29) is 5.91 Å². The van der Waals surface area contributed by atoms with Gasteiger partial charge in [-0.3, -0.25) is 4.79 Å². The lowest BCUT2D eigenvalue weighted by Crippen LogP contribution is -2.39. The van der Waals surface area contributed by atoms with Crippen LogP contribution in [0.4, 0.5) is 5.69 Å². The van der Waals surface area contributed by atoms with E-state index in [1.165, 1.54) is 10.5 Å². The number of carbonyl (C=O) groups excluding carboxylic acids is 1. The van der Waals surface area contributed by atoms with E-state index in [1.54, 1.807) is 0 Å². The molecule has 0 spiro atoms. The van der Waals surface area contributed by atoms with Crippen molar-refractivity contribution in [2.45, 2.75) is 36.8 Å². The van der Waals surface area contributed by atoms with Crippen molar-refractivity contribution in [1.29, 1.82) is 0 Å². The SMILES string of the molecule is CCc1ccc2c(c1)SC(C)CN2C(=O)CCN. The maximum absolute atomic E-state index is 12.1. The Balaban J connectivity index is 2.33. The van der Waals surface area contributed by atoms with Crippen molar-refractivity contribution < 1.29 is 4.79 Å².